The van der Waals surface area contributed by atoms with Crippen LogP contribution in [0.4, 0.5) is 4.79 Å². The quantitative estimate of drug-likeness (QED) is 0.865. The summed E-state index contributed by atoms with van der Waals surface area (Å²) in [6.45, 7) is 2.39. The van der Waals surface area contributed by atoms with E-state index in [0.29, 0.717) is 6.54 Å². The molecule has 0 fully saturated rings. The number of hydrogen-bond donors (Lipinski definition) is 2. The van der Waals surface area contributed by atoms with E-state index in [2.05, 4.69) is 10.3 Å². The number of urea groups is 1. The first-order valence-corrected chi connectivity index (χ1v) is 5.70. The molecule has 1 aromatic carbocycles. The van der Waals surface area contributed by atoms with Gasteiger partial charge in [0.15, 0.2) is 0 Å². The number of hydrogen-bond acceptors (Lipinski definition) is 2. The van der Waals surface area contributed by atoms with Crippen molar-refractivity contribution in [1.29, 1.82) is 0 Å². The minimum atomic E-state index is -0.516. The lowest BCUT2D eigenvalue weighted by atomic mass is 10.0. The van der Waals surface area contributed by atoms with Crippen LogP contribution in [-0.2, 0) is 6.54 Å². The second-order valence-electron chi connectivity index (χ2n) is 4.11. The molecule has 0 aliphatic rings. The number of primary amides is 1. The van der Waals surface area contributed by atoms with Crippen molar-refractivity contribution >= 4 is 6.03 Å². The molecule has 0 aliphatic carbocycles. The van der Waals surface area contributed by atoms with E-state index in [-0.39, 0.29) is 0 Å². The van der Waals surface area contributed by atoms with E-state index < -0.39 is 6.03 Å². The fourth-order valence-corrected chi connectivity index (χ4v) is 1.69. The van der Waals surface area contributed by atoms with Gasteiger partial charge < -0.3 is 11.1 Å². The smallest absolute Gasteiger partial charge is 0.312 e. The first kappa shape index (κ1) is 12.1. The molecule has 4 nitrogen and oxygen atoms in total. The molecule has 3 N–H and O–H groups in total. The molecule has 0 saturated carbocycles. The Bertz CT molecular complexity index is 549. The second-order valence-corrected chi connectivity index (χ2v) is 4.11. The van der Waals surface area contributed by atoms with Crippen molar-refractivity contribution in [3.05, 3.63) is 53.9 Å². The van der Waals surface area contributed by atoms with Crippen molar-refractivity contribution < 1.29 is 4.79 Å². The number of nitrogens with zero attached hydrogens (tertiary/aromatic N) is 1. The maximum atomic E-state index is 10.7. The predicted molar refractivity (Wildman–Crippen MR) is 70.8 cm³/mol. The Hall–Kier alpha value is -2.36. The van der Waals surface area contributed by atoms with Gasteiger partial charge in [-0.3, -0.25) is 4.98 Å². The number of pyridine rings is 1. The molecular weight excluding hydrogens is 226 g/mol. The SMILES string of the molecule is Cc1ccc(-c2cccc(CNC(N)=O)c2)cn1. The molecule has 18 heavy (non-hydrogen) atoms. The molecule has 2 amide bonds. The first-order chi connectivity index (χ1) is 8.65. The second kappa shape index (κ2) is 5.31. The van der Waals surface area contributed by atoms with Crippen molar-refractivity contribution in [2.45, 2.75) is 13.5 Å². The molecule has 0 saturated heterocycles. The number of aromatic nitrogens is 1. The van der Waals surface area contributed by atoms with Crippen LogP contribution < -0.4 is 11.1 Å². The van der Waals surface area contributed by atoms with E-state index in [0.717, 1.165) is 22.4 Å². The summed E-state index contributed by atoms with van der Waals surface area (Å²) in [6, 6.07) is 11.4. The van der Waals surface area contributed by atoms with Gasteiger partial charge in [-0.1, -0.05) is 24.3 Å². The first-order valence-electron chi connectivity index (χ1n) is 5.70. The molecule has 0 aliphatic heterocycles. The van der Waals surface area contributed by atoms with E-state index in [9.17, 15) is 4.79 Å². The maximum Gasteiger partial charge on any atom is 0.312 e. The molecule has 2 rings (SSSR count). The minimum absolute atomic E-state index is 0.433. The molecule has 0 spiro atoms. The zero-order chi connectivity index (χ0) is 13.0. The summed E-state index contributed by atoms with van der Waals surface area (Å²) in [7, 11) is 0. The van der Waals surface area contributed by atoms with Gasteiger partial charge in [0.25, 0.3) is 0 Å². The van der Waals surface area contributed by atoms with Crippen molar-refractivity contribution in [1.82, 2.24) is 10.3 Å². The van der Waals surface area contributed by atoms with E-state index in [1.807, 2.05) is 49.5 Å². The molecule has 0 bridgehead atoms. The third-order valence-electron chi connectivity index (χ3n) is 2.64. The van der Waals surface area contributed by atoms with Gasteiger partial charge in [-0.15, -0.1) is 0 Å². The van der Waals surface area contributed by atoms with Gasteiger partial charge in [-0.2, -0.15) is 0 Å². The van der Waals surface area contributed by atoms with Crippen LogP contribution in [0.2, 0.25) is 0 Å². The number of carbonyl (C=O) groups excluding carboxylic acids is 1. The normalized spacial score (nSPS) is 10.1. The van der Waals surface area contributed by atoms with Gasteiger partial charge in [-0.05, 0) is 30.2 Å². The van der Waals surface area contributed by atoms with Crippen LogP contribution in [-0.4, -0.2) is 11.0 Å². The van der Waals surface area contributed by atoms with Crippen LogP contribution in [0.15, 0.2) is 42.6 Å². The molecule has 0 unspecified atom stereocenters. The van der Waals surface area contributed by atoms with E-state index in [1.54, 1.807) is 0 Å². The number of carbonyl (C=O) groups is 1. The molecule has 1 heterocycles. The highest BCUT2D eigenvalue weighted by Gasteiger charge is 2.00. The van der Waals surface area contributed by atoms with Crippen molar-refractivity contribution in [3.8, 4) is 11.1 Å². The number of nitrogens with two attached hydrogens (primary N) is 1. The summed E-state index contributed by atoms with van der Waals surface area (Å²) in [4.78, 5) is 14.9. The van der Waals surface area contributed by atoms with Gasteiger partial charge in [0.1, 0.15) is 0 Å². The standard InChI is InChI=1S/C14H15N3O/c1-10-5-6-13(9-16-10)12-4-2-3-11(7-12)8-17-14(15)18/h2-7,9H,8H2,1H3,(H3,15,17,18). The van der Waals surface area contributed by atoms with E-state index in [4.69, 9.17) is 5.73 Å². The Morgan fingerprint density at radius 3 is 2.78 bits per heavy atom. The predicted octanol–water partition coefficient (Wildman–Crippen LogP) is 2.23. The van der Waals surface area contributed by atoms with Crippen molar-refractivity contribution in [2.75, 3.05) is 0 Å². The molecule has 0 atom stereocenters. The Kier molecular flexibility index (Phi) is 3.57. The number of benzene rings is 1. The minimum Gasteiger partial charge on any atom is -0.352 e. The molecule has 1 aromatic heterocycles. The van der Waals surface area contributed by atoms with Gasteiger partial charge in [0.05, 0.1) is 0 Å². The Balaban J connectivity index is 2.21. The van der Waals surface area contributed by atoms with Gasteiger partial charge in [0, 0.05) is 24.0 Å². The number of nitrogens with one attached hydrogen (secondary N) is 1. The highest BCUT2D eigenvalue weighted by molar-refractivity contribution is 5.71. The lowest BCUT2D eigenvalue weighted by Gasteiger charge is -2.06. The third-order valence-corrected chi connectivity index (χ3v) is 2.64. The monoisotopic (exact) mass is 241 g/mol. The van der Waals surface area contributed by atoms with Crippen LogP contribution in [0.1, 0.15) is 11.3 Å². The number of aryl methyl sites for hydroxylation is 1. The third kappa shape index (κ3) is 3.07. The Morgan fingerprint density at radius 2 is 2.11 bits per heavy atom. The van der Waals surface area contributed by atoms with Crippen LogP contribution >= 0.6 is 0 Å². The summed E-state index contributed by atoms with van der Waals surface area (Å²) in [5.41, 5.74) is 9.18. The molecule has 4 heteroatoms. The lowest BCUT2D eigenvalue weighted by molar-refractivity contribution is 0.248. The number of amides is 2. The lowest BCUT2D eigenvalue weighted by Crippen LogP contribution is -2.28. The van der Waals surface area contributed by atoms with Crippen LogP contribution in [0.3, 0.4) is 0 Å². The largest absolute Gasteiger partial charge is 0.352 e. The van der Waals surface area contributed by atoms with E-state index in [1.165, 1.54) is 0 Å². The highest BCUT2D eigenvalue weighted by atomic mass is 16.2. The topological polar surface area (TPSA) is 68.0 Å². The van der Waals surface area contributed by atoms with Gasteiger partial charge >= 0.3 is 6.03 Å². The van der Waals surface area contributed by atoms with Gasteiger partial charge in [-0.25, -0.2) is 4.79 Å². The van der Waals surface area contributed by atoms with E-state index >= 15 is 0 Å². The molecule has 92 valence electrons. The Morgan fingerprint density at radius 1 is 1.28 bits per heavy atom. The fraction of sp³-hybridized carbons (Fsp3) is 0.143. The summed E-state index contributed by atoms with van der Waals surface area (Å²) in [5, 5.41) is 2.57. The van der Waals surface area contributed by atoms with Gasteiger partial charge in [0.2, 0.25) is 0 Å². The summed E-state index contributed by atoms with van der Waals surface area (Å²) < 4.78 is 0. The highest BCUT2D eigenvalue weighted by Crippen LogP contribution is 2.19. The summed E-state index contributed by atoms with van der Waals surface area (Å²) in [5.74, 6) is 0. The van der Waals surface area contributed by atoms with Crippen LogP contribution in [0, 0.1) is 6.92 Å². The molecule has 0 radical (unpaired) electrons. The average molecular weight is 241 g/mol. The summed E-state index contributed by atoms with van der Waals surface area (Å²) >= 11 is 0. The maximum absolute atomic E-state index is 10.7. The van der Waals surface area contributed by atoms with Crippen LogP contribution in [0.25, 0.3) is 11.1 Å². The number of rotatable bonds is 3. The van der Waals surface area contributed by atoms with Crippen molar-refractivity contribution in [3.63, 3.8) is 0 Å². The molecular formula is C14H15N3O. The Labute approximate surface area is 106 Å². The fourth-order valence-electron chi connectivity index (χ4n) is 1.69. The van der Waals surface area contributed by atoms with Crippen LogP contribution in [0.5, 0.6) is 0 Å². The van der Waals surface area contributed by atoms with Crippen molar-refractivity contribution in [2.24, 2.45) is 5.73 Å². The summed E-state index contributed by atoms with van der Waals surface area (Å²) in [6.07, 6.45) is 1.84. The zero-order valence-electron chi connectivity index (χ0n) is 10.2. The molecule has 2 aromatic rings. The average Bonchev–Trinajstić information content (AvgIpc) is 2.37. The zero-order valence-corrected chi connectivity index (χ0v) is 10.2.